The molecule has 1 saturated heterocycles. The van der Waals surface area contributed by atoms with Gasteiger partial charge in [0.15, 0.2) is 0 Å². The third-order valence-corrected chi connectivity index (χ3v) is 3.32. The first-order chi connectivity index (χ1) is 5.65. The Hall–Kier alpha value is -0.180. The van der Waals surface area contributed by atoms with Crippen molar-refractivity contribution in [3.63, 3.8) is 0 Å². The minimum atomic E-state index is 0.758. The molecule has 0 saturated carbocycles. The Kier molecular flexibility index (Phi) is 3.44. The van der Waals surface area contributed by atoms with E-state index in [1.54, 1.807) is 0 Å². The van der Waals surface area contributed by atoms with Gasteiger partial charge >= 0.3 is 5.17 Å². The standard InChI is InChI=1S/C9H19N2S/c1-5-6-11-7-8(2)12-9(11)10(3)4/h8H,5-7H2,1-4H3/q+1. The van der Waals surface area contributed by atoms with Crippen LogP contribution in [-0.2, 0) is 0 Å². The van der Waals surface area contributed by atoms with Gasteiger partial charge in [-0.25, -0.2) is 0 Å². The van der Waals surface area contributed by atoms with Crippen LogP contribution in [0.15, 0.2) is 0 Å². The van der Waals surface area contributed by atoms with Crippen LogP contribution < -0.4 is 0 Å². The molecule has 1 unspecified atom stereocenters. The van der Waals surface area contributed by atoms with Crippen LogP contribution in [0.25, 0.3) is 0 Å². The van der Waals surface area contributed by atoms with E-state index in [4.69, 9.17) is 0 Å². The average molecular weight is 187 g/mol. The molecule has 1 rings (SSSR count). The van der Waals surface area contributed by atoms with Gasteiger partial charge in [0.05, 0.1) is 32.4 Å². The molecular weight excluding hydrogens is 168 g/mol. The van der Waals surface area contributed by atoms with Gasteiger partial charge in [0.2, 0.25) is 0 Å². The van der Waals surface area contributed by atoms with E-state index < -0.39 is 0 Å². The van der Waals surface area contributed by atoms with E-state index in [-0.39, 0.29) is 0 Å². The molecule has 0 amide bonds. The first-order valence-corrected chi connectivity index (χ1v) is 5.49. The molecular formula is C9H19N2S+. The normalized spacial score (nSPS) is 23.5. The quantitative estimate of drug-likeness (QED) is 0.604. The summed E-state index contributed by atoms with van der Waals surface area (Å²) in [6.07, 6.45) is 1.24. The molecule has 1 heterocycles. The maximum absolute atomic E-state index is 2.48. The van der Waals surface area contributed by atoms with E-state index in [1.807, 2.05) is 11.8 Å². The minimum Gasteiger partial charge on any atom is -0.262 e. The number of amidine groups is 1. The second kappa shape index (κ2) is 4.17. The highest BCUT2D eigenvalue weighted by Crippen LogP contribution is 2.24. The molecule has 0 spiro atoms. The van der Waals surface area contributed by atoms with E-state index in [9.17, 15) is 0 Å². The molecule has 0 aromatic heterocycles. The molecule has 0 N–H and O–H groups in total. The average Bonchev–Trinajstić information content (AvgIpc) is 2.32. The zero-order valence-electron chi connectivity index (χ0n) is 8.50. The van der Waals surface area contributed by atoms with Gasteiger partial charge < -0.3 is 0 Å². The lowest BCUT2D eigenvalue weighted by Gasteiger charge is -2.10. The zero-order chi connectivity index (χ0) is 9.14. The van der Waals surface area contributed by atoms with Gasteiger partial charge in [0, 0.05) is 0 Å². The Morgan fingerprint density at radius 1 is 1.58 bits per heavy atom. The molecule has 2 nitrogen and oxygen atoms in total. The summed E-state index contributed by atoms with van der Waals surface area (Å²) < 4.78 is 2.23. The van der Waals surface area contributed by atoms with Crippen LogP contribution in [0.1, 0.15) is 20.3 Å². The Labute approximate surface area is 79.6 Å². The minimum absolute atomic E-state index is 0.758. The van der Waals surface area contributed by atoms with Gasteiger partial charge in [-0.3, -0.25) is 9.48 Å². The molecule has 1 atom stereocenters. The van der Waals surface area contributed by atoms with Crippen LogP contribution in [0.5, 0.6) is 0 Å². The van der Waals surface area contributed by atoms with Crippen molar-refractivity contribution in [3.8, 4) is 0 Å². The van der Waals surface area contributed by atoms with Crippen molar-refractivity contribution < 1.29 is 4.58 Å². The Balaban J connectivity index is 2.66. The zero-order valence-corrected chi connectivity index (χ0v) is 9.32. The highest BCUT2D eigenvalue weighted by molar-refractivity contribution is 8.14. The lowest BCUT2D eigenvalue weighted by Crippen LogP contribution is -2.30. The fourth-order valence-corrected chi connectivity index (χ4v) is 2.67. The topological polar surface area (TPSA) is 6.25 Å². The van der Waals surface area contributed by atoms with E-state index in [0.717, 1.165) is 5.25 Å². The van der Waals surface area contributed by atoms with Crippen molar-refractivity contribution in [3.05, 3.63) is 0 Å². The van der Waals surface area contributed by atoms with Gasteiger partial charge in [-0.2, -0.15) is 0 Å². The van der Waals surface area contributed by atoms with E-state index in [1.165, 1.54) is 24.7 Å². The highest BCUT2D eigenvalue weighted by atomic mass is 32.2. The lowest BCUT2D eigenvalue weighted by molar-refractivity contribution is -0.466. The van der Waals surface area contributed by atoms with Gasteiger partial charge in [-0.05, 0) is 25.1 Å². The van der Waals surface area contributed by atoms with Crippen LogP contribution in [-0.4, -0.2) is 47.1 Å². The molecule has 0 bridgehead atoms. The summed E-state index contributed by atoms with van der Waals surface area (Å²) in [5, 5.41) is 2.19. The fraction of sp³-hybridized carbons (Fsp3) is 0.889. The molecule has 1 fully saturated rings. The van der Waals surface area contributed by atoms with Gasteiger partial charge in [-0.15, -0.1) is 0 Å². The van der Waals surface area contributed by atoms with Crippen LogP contribution in [0.2, 0.25) is 0 Å². The van der Waals surface area contributed by atoms with Gasteiger partial charge in [-0.1, -0.05) is 6.92 Å². The molecule has 0 aromatic rings. The third-order valence-electron chi connectivity index (χ3n) is 1.93. The molecule has 0 radical (unpaired) electrons. The molecule has 0 aliphatic carbocycles. The highest BCUT2D eigenvalue weighted by Gasteiger charge is 2.32. The maximum atomic E-state index is 2.48. The van der Waals surface area contributed by atoms with Crippen LogP contribution in [0.3, 0.4) is 0 Å². The summed E-state index contributed by atoms with van der Waals surface area (Å²) >= 11 is 1.99. The van der Waals surface area contributed by atoms with Crippen LogP contribution >= 0.6 is 11.8 Å². The van der Waals surface area contributed by atoms with Crippen molar-refractivity contribution in [2.75, 3.05) is 27.2 Å². The Bertz CT molecular complexity index is 185. The largest absolute Gasteiger partial charge is 0.308 e. The van der Waals surface area contributed by atoms with E-state index >= 15 is 0 Å². The number of nitrogens with zero attached hydrogens (tertiary/aromatic N) is 2. The first-order valence-electron chi connectivity index (χ1n) is 4.61. The SMILES string of the molecule is CCCN1CC(C)SC1=[N+](C)C. The van der Waals surface area contributed by atoms with Gasteiger partial charge in [0.25, 0.3) is 0 Å². The summed E-state index contributed by atoms with van der Waals surface area (Å²) in [4.78, 5) is 2.48. The summed E-state index contributed by atoms with van der Waals surface area (Å²) in [7, 11) is 4.26. The van der Waals surface area contributed by atoms with Crippen molar-refractivity contribution >= 4 is 16.9 Å². The predicted octanol–water partition coefficient (Wildman–Crippen LogP) is 1.46. The summed E-state index contributed by atoms with van der Waals surface area (Å²) in [5.41, 5.74) is 0. The van der Waals surface area contributed by atoms with Crippen LogP contribution in [0, 0.1) is 0 Å². The van der Waals surface area contributed by atoms with Crippen molar-refractivity contribution in [2.24, 2.45) is 0 Å². The maximum Gasteiger partial charge on any atom is 0.308 e. The number of rotatable bonds is 2. The predicted molar refractivity (Wildman–Crippen MR) is 56.0 cm³/mol. The number of thioether (sulfide) groups is 1. The van der Waals surface area contributed by atoms with Crippen molar-refractivity contribution in [1.82, 2.24) is 4.90 Å². The molecule has 3 heteroatoms. The smallest absolute Gasteiger partial charge is 0.262 e. The van der Waals surface area contributed by atoms with E-state index in [0.29, 0.717) is 0 Å². The molecule has 70 valence electrons. The first kappa shape index (κ1) is 9.90. The Morgan fingerprint density at radius 3 is 2.75 bits per heavy atom. The second-order valence-corrected chi connectivity index (χ2v) is 4.96. The third kappa shape index (κ3) is 2.16. The molecule has 1 aliphatic rings. The van der Waals surface area contributed by atoms with Crippen molar-refractivity contribution in [1.29, 1.82) is 0 Å². The van der Waals surface area contributed by atoms with Gasteiger partial charge in [0.1, 0.15) is 0 Å². The lowest BCUT2D eigenvalue weighted by atomic mass is 10.4. The fourth-order valence-electron chi connectivity index (χ4n) is 1.53. The Morgan fingerprint density at radius 2 is 2.25 bits per heavy atom. The number of hydrogen-bond donors (Lipinski definition) is 0. The summed E-state index contributed by atoms with van der Waals surface area (Å²) in [6, 6.07) is 0. The summed E-state index contributed by atoms with van der Waals surface area (Å²) in [5.74, 6) is 0. The molecule has 1 aliphatic heterocycles. The van der Waals surface area contributed by atoms with Crippen LogP contribution in [0.4, 0.5) is 0 Å². The second-order valence-electron chi connectivity index (χ2n) is 3.55. The van der Waals surface area contributed by atoms with Crippen molar-refractivity contribution in [2.45, 2.75) is 25.5 Å². The van der Waals surface area contributed by atoms with E-state index in [2.05, 4.69) is 37.4 Å². The summed E-state index contributed by atoms with van der Waals surface area (Å²) in [6.45, 7) is 6.95. The molecule has 12 heavy (non-hydrogen) atoms. The monoisotopic (exact) mass is 187 g/mol. The molecule has 0 aromatic carbocycles. The number of hydrogen-bond acceptors (Lipinski definition) is 1.